The smallest absolute Gasteiger partial charge is 0.0337 e. The second-order valence-corrected chi connectivity index (χ2v) is 5.28. The second kappa shape index (κ2) is 4.76. The SMILES string of the molecule is CCC1CCCCC1(CC)SCl. The van der Waals surface area contributed by atoms with Crippen molar-refractivity contribution in [2.45, 2.75) is 57.1 Å². The molecular weight excluding hydrogens is 188 g/mol. The van der Waals surface area contributed by atoms with Crippen LogP contribution in [0.25, 0.3) is 0 Å². The molecule has 0 aromatic carbocycles. The maximum absolute atomic E-state index is 6.03. The highest BCUT2D eigenvalue weighted by Crippen LogP contribution is 2.49. The Bertz CT molecular complexity index is 132. The fourth-order valence-corrected chi connectivity index (χ4v) is 4.16. The van der Waals surface area contributed by atoms with E-state index in [0.717, 1.165) is 5.92 Å². The van der Waals surface area contributed by atoms with Gasteiger partial charge in [0.05, 0.1) is 0 Å². The summed E-state index contributed by atoms with van der Waals surface area (Å²) < 4.78 is 0.411. The summed E-state index contributed by atoms with van der Waals surface area (Å²) in [5.41, 5.74) is 0. The van der Waals surface area contributed by atoms with Crippen LogP contribution >= 0.6 is 21.7 Å². The van der Waals surface area contributed by atoms with Crippen LogP contribution < -0.4 is 0 Å². The van der Waals surface area contributed by atoms with E-state index >= 15 is 0 Å². The van der Waals surface area contributed by atoms with Gasteiger partial charge in [-0.25, -0.2) is 0 Å². The van der Waals surface area contributed by atoms with Crippen LogP contribution in [0.15, 0.2) is 0 Å². The molecule has 0 saturated heterocycles. The van der Waals surface area contributed by atoms with Gasteiger partial charge in [0.1, 0.15) is 0 Å². The maximum atomic E-state index is 6.03. The van der Waals surface area contributed by atoms with Gasteiger partial charge in [0.15, 0.2) is 0 Å². The van der Waals surface area contributed by atoms with Gasteiger partial charge >= 0.3 is 0 Å². The number of rotatable bonds is 3. The quantitative estimate of drug-likeness (QED) is 0.649. The molecule has 0 aromatic heterocycles. The topological polar surface area (TPSA) is 0 Å². The van der Waals surface area contributed by atoms with Crippen LogP contribution in [0.1, 0.15) is 52.4 Å². The molecule has 1 fully saturated rings. The normalized spacial score (nSPS) is 36.8. The van der Waals surface area contributed by atoms with Crippen LogP contribution in [0.2, 0.25) is 0 Å². The van der Waals surface area contributed by atoms with Gasteiger partial charge < -0.3 is 0 Å². The van der Waals surface area contributed by atoms with Gasteiger partial charge in [0.2, 0.25) is 0 Å². The van der Waals surface area contributed by atoms with Gasteiger partial charge in [-0.2, -0.15) is 0 Å². The highest BCUT2D eigenvalue weighted by molar-refractivity contribution is 8.22. The molecule has 0 amide bonds. The Hall–Kier alpha value is 0.640. The molecule has 0 spiro atoms. The Balaban J connectivity index is 2.66. The maximum Gasteiger partial charge on any atom is 0.0337 e. The largest absolute Gasteiger partial charge is 0.0651 e. The predicted octanol–water partition coefficient (Wildman–Crippen LogP) is 4.62. The number of hydrogen-bond acceptors (Lipinski definition) is 1. The summed E-state index contributed by atoms with van der Waals surface area (Å²) in [6, 6.07) is 0. The highest BCUT2D eigenvalue weighted by Gasteiger charge is 2.38. The summed E-state index contributed by atoms with van der Waals surface area (Å²) >= 11 is 0. The third-order valence-corrected chi connectivity index (χ3v) is 5.45. The molecule has 1 aliphatic rings. The molecule has 0 N–H and O–H groups in total. The minimum absolute atomic E-state index is 0.411. The molecule has 72 valence electrons. The lowest BCUT2D eigenvalue weighted by Crippen LogP contribution is -2.35. The van der Waals surface area contributed by atoms with Crippen molar-refractivity contribution in [2.75, 3.05) is 0 Å². The summed E-state index contributed by atoms with van der Waals surface area (Å²) in [4.78, 5) is 0. The second-order valence-electron chi connectivity index (χ2n) is 3.85. The van der Waals surface area contributed by atoms with Crippen LogP contribution in [0, 0.1) is 5.92 Å². The van der Waals surface area contributed by atoms with Crippen molar-refractivity contribution in [1.82, 2.24) is 0 Å². The van der Waals surface area contributed by atoms with Crippen LogP contribution in [-0.2, 0) is 0 Å². The molecule has 1 rings (SSSR count). The van der Waals surface area contributed by atoms with Crippen molar-refractivity contribution < 1.29 is 0 Å². The van der Waals surface area contributed by atoms with E-state index in [1.807, 2.05) is 0 Å². The Morgan fingerprint density at radius 2 is 2.17 bits per heavy atom. The van der Waals surface area contributed by atoms with Gasteiger partial charge in [-0.3, -0.25) is 0 Å². The molecule has 0 aromatic rings. The van der Waals surface area contributed by atoms with Gasteiger partial charge in [-0.1, -0.05) is 33.1 Å². The summed E-state index contributed by atoms with van der Waals surface area (Å²) in [6.07, 6.45) is 8.05. The van der Waals surface area contributed by atoms with Crippen LogP contribution in [0.3, 0.4) is 0 Å². The summed E-state index contributed by atoms with van der Waals surface area (Å²) in [5.74, 6) is 0.860. The molecule has 12 heavy (non-hydrogen) atoms. The summed E-state index contributed by atoms with van der Waals surface area (Å²) in [5, 5.41) is 0. The molecule has 1 saturated carbocycles. The zero-order valence-corrected chi connectivity index (χ0v) is 9.68. The van der Waals surface area contributed by atoms with Crippen molar-refractivity contribution in [1.29, 1.82) is 0 Å². The molecule has 0 aliphatic heterocycles. The minimum Gasteiger partial charge on any atom is -0.0651 e. The Labute approximate surface area is 84.9 Å². The molecule has 0 bridgehead atoms. The summed E-state index contributed by atoms with van der Waals surface area (Å²) in [6.45, 7) is 4.58. The van der Waals surface area contributed by atoms with Crippen LogP contribution in [0.5, 0.6) is 0 Å². The van der Waals surface area contributed by atoms with Crippen LogP contribution in [-0.4, -0.2) is 4.75 Å². The van der Waals surface area contributed by atoms with Crippen molar-refractivity contribution in [3.05, 3.63) is 0 Å². The lowest BCUT2D eigenvalue weighted by atomic mass is 9.75. The van der Waals surface area contributed by atoms with E-state index in [9.17, 15) is 0 Å². The third kappa shape index (κ3) is 1.93. The fourth-order valence-electron chi connectivity index (χ4n) is 2.48. The first-order valence-corrected chi connectivity index (χ1v) is 6.73. The zero-order chi connectivity index (χ0) is 9.03. The van der Waals surface area contributed by atoms with E-state index < -0.39 is 0 Å². The van der Waals surface area contributed by atoms with E-state index in [0.29, 0.717) is 4.75 Å². The van der Waals surface area contributed by atoms with Gasteiger partial charge in [0, 0.05) is 4.75 Å². The fraction of sp³-hybridized carbons (Fsp3) is 1.00. The third-order valence-electron chi connectivity index (χ3n) is 3.39. The molecule has 1 aliphatic carbocycles. The van der Waals surface area contributed by atoms with E-state index in [1.165, 1.54) is 38.5 Å². The molecule has 2 heteroatoms. The number of hydrogen-bond donors (Lipinski definition) is 0. The molecule has 0 heterocycles. The lowest BCUT2D eigenvalue weighted by molar-refractivity contribution is 0.260. The monoisotopic (exact) mass is 206 g/mol. The molecular formula is C10H19ClS. The molecule has 0 radical (unpaired) electrons. The standard InChI is InChI=1S/C10H19ClS/c1-3-9-7-5-6-8-10(9,4-2)12-11/h9H,3-8H2,1-2H3. The zero-order valence-electron chi connectivity index (χ0n) is 8.11. The average Bonchev–Trinajstić information content (AvgIpc) is 2.17. The van der Waals surface area contributed by atoms with Gasteiger partial charge in [0.25, 0.3) is 0 Å². The minimum atomic E-state index is 0.411. The van der Waals surface area contributed by atoms with E-state index in [-0.39, 0.29) is 0 Å². The van der Waals surface area contributed by atoms with Crippen molar-refractivity contribution in [3.8, 4) is 0 Å². The Morgan fingerprint density at radius 1 is 1.42 bits per heavy atom. The lowest BCUT2D eigenvalue weighted by Gasteiger charge is -2.41. The highest BCUT2D eigenvalue weighted by atomic mass is 35.7. The van der Waals surface area contributed by atoms with Crippen molar-refractivity contribution in [3.63, 3.8) is 0 Å². The van der Waals surface area contributed by atoms with E-state index in [2.05, 4.69) is 13.8 Å². The average molecular weight is 207 g/mol. The van der Waals surface area contributed by atoms with Gasteiger partial charge in [-0.15, -0.1) is 0 Å². The number of halogens is 1. The van der Waals surface area contributed by atoms with Crippen LogP contribution in [0.4, 0.5) is 0 Å². The van der Waals surface area contributed by atoms with Gasteiger partial charge in [-0.05, 0) is 46.8 Å². The molecule has 2 atom stereocenters. The first-order valence-electron chi connectivity index (χ1n) is 5.08. The first kappa shape index (κ1) is 10.7. The van der Waals surface area contributed by atoms with Crippen molar-refractivity contribution >= 4 is 21.7 Å². The van der Waals surface area contributed by atoms with E-state index in [1.54, 1.807) is 11.0 Å². The predicted molar refractivity (Wildman–Crippen MR) is 58.7 cm³/mol. The molecule has 2 unspecified atom stereocenters. The summed E-state index contributed by atoms with van der Waals surface area (Å²) in [7, 11) is 7.63. The Kier molecular flexibility index (Phi) is 4.25. The van der Waals surface area contributed by atoms with Crippen molar-refractivity contribution in [2.24, 2.45) is 5.92 Å². The Morgan fingerprint density at radius 3 is 2.58 bits per heavy atom. The van der Waals surface area contributed by atoms with E-state index in [4.69, 9.17) is 10.7 Å². The first-order chi connectivity index (χ1) is 5.79. The molecule has 0 nitrogen and oxygen atoms in total.